The zero-order chi connectivity index (χ0) is 22.2. The van der Waals surface area contributed by atoms with E-state index >= 15 is 0 Å². The summed E-state index contributed by atoms with van der Waals surface area (Å²) in [5, 5.41) is 0. The monoisotopic (exact) mass is 435 g/mol. The summed E-state index contributed by atoms with van der Waals surface area (Å²) in [5.41, 5.74) is 8.43. The van der Waals surface area contributed by atoms with Crippen molar-refractivity contribution in [2.24, 2.45) is 4.99 Å². The molecule has 2 atom stereocenters. The van der Waals surface area contributed by atoms with Crippen molar-refractivity contribution in [1.29, 1.82) is 0 Å². The standard InChI is InChI=1S/C28H29N5/c1-20-8-7-15-29-28(20)26-12-6-11-25(24-19-32-16-5-4-13-27(32)31-24)33(26)17-14-22-18-21-9-2-3-10-23(21)30-22/h2-5,7-10,13,15-16,19,25-26H,6,11-12,14,17-18H2,1H3/t25-,26+/m1/s1. The van der Waals surface area contributed by atoms with Gasteiger partial charge in [-0.2, -0.15) is 0 Å². The van der Waals surface area contributed by atoms with Crippen LogP contribution in [0, 0.1) is 6.92 Å². The van der Waals surface area contributed by atoms with Crippen LogP contribution in [0.5, 0.6) is 0 Å². The van der Waals surface area contributed by atoms with Crippen LogP contribution < -0.4 is 0 Å². The Kier molecular flexibility index (Phi) is 5.27. The average molecular weight is 436 g/mol. The summed E-state index contributed by atoms with van der Waals surface area (Å²) in [6.45, 7) is 3.15. The summed E-state index contributed by atoms with van der Waals surface area (Å²) in [5.74, 6) is 0. The summed E-state index contributed by atoms with van der Waals surface area (Å²) < 4.78 is 2.14. The van der Waals surface area contributed by atoms with Crippen molar-refractivity contribution < 1.29 is 0 Å². The van der Waals surface area contributed by atoms with E-state index in [0.29, 0.717) is 6.04 Å². The second kappa shape index (κ2) is 8.56. The van der Waals surface area contributed by atoms with Crippen LogP contribution in [-0.4, -0.2) is 31.5 Å². The molecule has 3 aromatic heterocycles. The Bertz CT molecular complexity index is 1290. The highest BCUT2D eigenvalue weighted by atomic mass is 15.2. The fraction of sp³-hybridized carbons (Fsp3) is 0.321. The molecule has 33 heavy (non-hydrogen) atoms. The van der Waals surface area contributed by atoms with Gasteiger partial charge < -0.3 is 4.40 Å². The lowest BCUT2D eigenvalue weighted by atomic mass is 9.90. The number of aliphatic imine (C=N–C) groups is 1. The third-order valence-electron chi connectivity index (χ3n) is 7.17. The topological polar surface area (TPSA) is 45.8 Å². The summed E-state index contributed by atoms with van der Waals surface area (Å²) in [4.78, 5) is 17.5. The molecule has 0 N–H and O–H groups in total. The second-order valence-electron chi connectivity index (χ2n) is 9.27. The van der Waals surface area contributed by atoms with Crippen LogP contribution in [0.1, 0.15) is 60.3 Å². The third kappa shape index (κ3) is 3.87. The largest absolute Gasteiger partial charge is 0.307 e. The fourth-order valence-corrected chi connectivity index (χ4v) is 5.54. The first kappa shape index (κ1) is 20.3. The van der Waals surface area contributed by atoms with Crippen LogP contribution in [-0.2, 0) is 6.42 Å². The van der Waals surface area contributed by atoms with Crippen molar-refractivity contribution in [3.05, 3.63) is 95.7 Å². The number of likely N-dealkylation sites (tertiary alicyclic amines) is 1. The Hall–Kier alpha value is -3.31. The fourth-order valence-electron chi connectivity index (χ4n) is 5.54. The quantitative estimate of drug-likeness (QED) is 0.385. The Labute approximate surface area is 194 Å². The van der Waals surface area contributed by atoms with Crippen LogP contribution >= 0.6 is 0 Å². The van der Waals surface area contributed by atoms with E-state index in [1.807, 2.05) is 12.3 Å². The number of pyridine rings is 2. The molecule has 0 spiro atoms. The Morgan fingerprint density at radius 1 is 0.970 bits per heavy atom. The van der Waals surface area contributed by atoms with Crippen LogP contribution in [0.15, 0.2) is 78.2 Å². The highest BCUT2D eigenvalue weighted by Crippen LogP contribution is 2.42. The Morgan fingerprint density at radius 3 is 2.73 bits per heavy atom. The van der Waals surface area contributed by atoms with Crippen molar-refractivity contribution in [1.82, 2.24) is 19.3 Å². The number of piperidine rings is 1. The summed E-state index contributed by atoms with van der Waals surface area (Å²) in [7, 11) is 0. The van der Waals surface area contributed by atoms with Gasteiger partial charge >= 0.3 is 0 Å². The Balaban J connectivity index is 1.32. The number of fused-ring (bicyclic) bond motifs is 2. The maximum absolute atomic E-state index is 5.02. The summed E-state index contributed by atoms with van der Waals surface area (Å²) in [6, 6.07) is 19.5. The molecule has 1 aromatic carbocycles. The highest BCUT2D eigenvalue weighted by molar-refractivity contribution is 5.94. The van der Waals surface area contributed by atoms with Gasteiger partial charge in [-0.15, -0.1) is 0 Å². The van der Waals surface area contributed by atoms with Crippen molar-refractivity contribution in [3.63, 3.8) is 0 Å². The minimum Gasteiger partial charge on any atom is -0.307 e. The van der Waals surface area contributed by atoms with Crippen molar-refractivity contribution in [2.75, 3.05) is 6.54 Å². The molecule has 5 heterocycles. The van der Waals surface area contributed by atoms with Gasteiger partial charge in [-0.3, -0.25) is 14.9 Å². The van der Waals surface area contributed by atoms with Gasteiger partial charge in [0.1, 0.15) is 5.65 Å². The van der Waals surface area contributed by atoms with Crippen molar-refractivity contribution in [3.8, 4) is 0 Å². The highest BCUT2D eigenvalue weighted by Gasteiger charge is 2.35. The number of rotatable bonds is 5. The predicted molar refractivity (Wildman–Crippen MR) is 132 cm³/mol. The molecule has 1 saturated heterocycles. The van der Waals surface area contributed by atoms with E-state index in [0.717, 1.165) is 49.3 Å². The smallest absolute Gasteiger partial charge is 0.137 e. The lowest BCUT2D eigenvalue weighted by molar-refractivity contribution is 0.0801. The molecule has 2 aliphatic heterocycles. The maximum atomic E-state index is 5.02. The van der Waals surface area contributed by atoms with E-state index in [9.17, 15) is 0 Å². The van der Waals surface area contributed by atoms with E-state index in [2.05, 4.69) is 77.1 Å². The molecular weight excluding hydrogens is 406 g/mol. The first-order valence-electron chi connectivity index (χ1n) is 12.0. The van der Waals surface area contributed by atoms with E-state index in [1.54, 1.807) is 0 Å². The maximum Gasteiger partial charge on any atom is 0.137 e. The lowest BCUT2D eigenvalue weighted by Crippen LogP contribution is -2.38. The normalized spacial score (nSPS) is 20.7. The Morgan fingerprint density at radius 2 is 1.85 bits per heavy atom. The number of aromatic nitrogens is 3. The van der Waals surface area contributed by atoms with Crippen LogP contribution in [0.3, 0.4) is 0 Å². The van der Waals surface area contributed by atoms with Gasteiger partial charge in [-0.05, 0) is 68.0 Å². The van der Waals surface area contributed by atoms with Crippen molar-refractivity contribution in [2.45, 2.75) is 51.1 Å². The van der Waals surface area contributed by atoms with Gasteiger partial charge in [0.25, 0.3) is 0 Å². The molecule has 0 unspecified atom stereocenters. The van der Waals surface area contributed by atoms with Crippen molar-refractivity contribution >= 4 is 17.0 Å². The van der Waals surface area contributed by atoms with Crippen LogP contribution in [0.2, 0.25) is 0 Å². The van der Waals surface area contributed by atoms with Crippen LogP contribution in [0.25, 0.3) is 5.65 Å². The molecule has 166 valence electrons. The van der Waals surface area contributed by atoms with E-state index in [4.69, 9.17) is 15.0 Å². The predicted octanol–water partition coefficient (Wildman–Crippen LogP) is 6.02. The number of hydrogen-bond acceptors (Lipinski definition) is 4. The number of para-hydroxylation sites is 1. The van der Waals surface area contributed by atoms with Gasteiger partial charge in [0.05, 0.1) is 29.2 Å². The number of aryl methyl sites for hydroxylation is 1. The van der Waals surface area contributed by atoms with Gasteiger partial charge in [0.2, 0.25) is 0 Å². The van der Waals surface area contributed by atoms with E-state index in [1.165, 1.54) is 29.0 Å². The number of benzene rings is 1. The molecule has 2 aliphatic rings. The summed E-state index contributed by atoms with van der Waals surface area (Å²) >= 11 is 0. The lowest BCUT2D eigenvalue weighted by Gasteiger charge is -2.41. The molecule has 1 fully saturated rings. The van der Waals surface area contributed by atoms with Crippen LogP contribution in [0.4, 0.5) is 5.69 Å². The first-order chi connectivity index (χ1) is 16.3. The SMILES string of the molecule is Cc1cccnc1[C@@H]1CCC[C@H](c2cn3ccccc3n2)N1CCC1=Nc2ccccc2C1. The van der Waals surface area contributed by atoms with Gasteiger partial charge in [-0.25, -0.2) is 4.98 Å². The summed E-state index contributed by atoms with van der Waals surface area (Å²) in [6.07, 6.45) is 11.6. The van der Waals surface area contributed by atoms with Gasteiger partial charge in [0, 0.05) is 37.3 Å². The zero-order valence-electron chi connectivity index (χ0n) is 19.1. The van der Waals surface area contributed by atoms with E-state index in [-0.39, 0.29) is 6.04 Å². The molecule has 0 amide bonds. The number of nitrogens with zero attached hydrogens (tertiary/aromatic N) is 5. The number of hydrogen-bond donors (Lipinski definition) is 0. The molecule has 0 saturated carbocycles. The molecule has 0 aliphatic carbocycles. The van der Waals surface area contributed by atoms with E-state index < -0.39 is 0 Å². The van der Waals surface area contributed by atoms with Gasteiger partial charge in [-0.1, -0.05) is 30.3 Å². The van der Waals surface area contributed by atoms with Gasteiger partial charge in [0.15, 0.2) is 0 Å². The average Bonchev–Trinajstić information content (AvgIpc) is 3.47. The molecule has 6 rings (SSSR count). The molecule has 0 bridgehead atoms. The molecule has 5 heteroatoms. The minimum absolute atomic E-state index is 0.287. The molecular formula is C28H29N5. The second-order valence-corrected chi connectivity index (χ2v) is 9.27. The third-order valence-corrected chi connectivity index (χ3v) is 7.17. The molecule has 0 radical (unpaired) electrons. The minimum atomic E-state index is 0.287. The zero-order valence-corrected chi connectivity index (χ0v) is 19.1. The molecule has 5 nitrogen and oxygen atoms in total. The first-order valence-corrected chi connectivity index (χ1v) is 12.0. The molecule has 4 aromatic rings. The number of imidazole rings is 1.